The summed E-state index contributed by atoms with van der Waals surface area (Å²) in [5.74, 6) is 1.17. The van der Waals surface area contributed by atoms with E-state index in [0.29, 0.717) is 6.04 Å². The third-order valence-corrected chi connectivity index (χ3v) is 3.78. The number of thioether (sulfide) groups is 1. The van der Waals surface area contributed by atoms with Gasteiger partial charge >= 0.3 is 0 Å². The summed E-state index contributed by atoms with van der Waals surface area (Å²) in [4.78, 5) is 2.12. The number of rotatable bonds is 5. The maximum Gasteiger partial charge on any atom is 0.173 e. The highest BCUT2D eigenvalue weighted by Crippen LogP contribution is 2.10. The first kappa shape index (κ1) is 14.3. The molecule has 1 aromatic carbocycles. The minimum atomic E-state index is 0.464. The van der Waals surface area contributed by atoms with Crippen molar-refractivity contribution in [2.45, 2.75) is 19.4 Å². The Labute approximate surface area is 114 Å². The lowest BCUT2D eigenvalue weighted by Crippen LogP contribution is -2.38. The summed E-state index contributed by atoms with van der Waals surface area (Å²) in [6, 6.07) is 10.5. The van der Waals surface area contributed by atoms with Crippen LogP contribution in [0.5, 0.6) is 0 Å². The van der Waals surface area contributed by atoms with Gasteiger partial charge in [0.2, 0.25) is 0 Å². The molecule has 1 unspecified atom stereocenters. The Morgan fingerprint density at radius 3 is 2.65 bits per heavy atom. The highest BCUT2D eigenvalue weighted by atomic mass is 32.2. The van der Waals surface area contributed by atoms with Crippen LogP contribution in [-0.4, -0.2) is 35.1 Å². The number of para-hydroxylation sites is 1. The third kappa shape index (κ3) is 4.96. The number of thiocarbonyl (C=S) groups is 1. The molecule has 0 saturated carbocycles. The Kier molecular flexibility index (Phi) is 6.37. The summed E-state index contributed by atoms with van der Waals surface area (Å²) in [7, 11) is 2.04. The van der Waals surface area contributed by atoms with Crippen LogP contribution in [0.1, 0.15) is 13.3 Å². The number of benzene rings is 1. The topological polar surface area (TPSA) is 15.3 Å². The normalized spacial score (nSPS) is 11.9. The first-order valence-corrected chi connectivity index (χ1v) is 7.53. The van der Waals surface area contributed by atoms with Crippen LogP contribution in [-0.2, 0) is 0 Å². The van der Waals surface area contributed by atoms with Crippen LogP contribution in [0.25, 0.3) is 0 Å². The summed E-state index contributed by atoms with van der Waals surface area (Å²) in [6.45, 7) is 2.20. The van der Waals surface area contributed by atoms with Crippen molar-refractivity contribution in [3.05, 3.63) is 30.3 Å². The van der Waals surface area contributed by atoms with Crippen molar-refractivity contribution in [3.8, 4) is 0 Å². The predicted octanol–water partition coefficient (Wildman–Crippen LogP) is 3.46. The molecule has 0 aromatic heterocycles. The van der Waals surface area contributed by atoms with Crippen molar-refractivity contribution in [2.24, 2.45) is 0 Å². The van der Waals surface area contributed by atoms with E-state index < -0.39 is 0 Å². The number of hydrogen-bond acceptors (Lipinski definition) is 2. The molecule has 94 valence electrons. The van der Waals surface area contributed by atoms with Crippen molar-refractivity contribution in [3.63, 3.8) is 0 Å². The molecule has 17 heavy (non-hydrogen) atoms. The maximum absolute atomic E-state index is 5.39. The number of nitrogens with zero attached hydrogens (tertiary/aromatic N) is 1. The number of anilines is 1. The molecular formula is C13H20N2S2. The molecular weight excluding hydrogens is 248 g/mol. The van der Waals surface area contributed by atoms with E-state index in [1.807, 2.05) is 49.1 Å². The fourth-order valence-corrected chi connectivity index (χ4v) is 2.29. The Morgan fingerprint density at radius 2 is 2.06 bits per heavy atom. The molecule has 0 aliphatic heterocycles. The molecule has 0 spiro atoms. The highest BCUT2D eigenvalue weighted by molar-refractivity contribution is 7.98. The monoisotopic (exact) mass is 268 g/mol. The van der Waals surface area contributed by atoms with Gasteiger partial charge in [0.25, 0.3) is 0 Å². The van der Waals surface area contributed by atoms with Crippen molar-refractivity contribution in [1.29, 1.82) is 0 Å². The van der Waals surface area contributed by atoms with Gasteiger partial charge in [-0.25, -0.2) is 0 Å². The van der Waals surface area contributed by atoms with Crippen molar-refractivity contribution in [2.75, 3.05) is 24.4 Å². The van der Waals surface area contributed by atoms with E-state index in [9.17, 15) is 0 Å². The molecule has 0 radical (unpaired) electrons. The molecule has 2 nitrogen and oxygen atoms in total. The summed E-state index contributed by atoms with van der Waals surface area (Å²) in [6.07, 6.45) is 3.28. The van der Waals surface area contributed by atoms with E-state index in [1.165, 1.54) is 5.75 Å². The van der Waals surface area contributed by atoms with E-state index in [0.717, 1.165) is 17.2 Å². The van der Waals surface area contributed by atoms with Gasteiger partial charge in [0, 0.05) is 18.8 Å². The van der Waals surface area contributed by atoms with Gasteiger partial charge in [-0.2, -0.15) is 11.8 Å². The molecule has 1 atom stereocenters. The zero-order chi connectivity index (χ0) is 12.7. The molecule has 0 heterocycles. The Hall–Kier alpha value is -0.740. The zero-order valence-corrected chi connectivity index (χ0v) is 12.3. The Bertz CT molecular complexity index is 341. The van der Waals surface area contributed by atoms with E-state index >= 15 is 0 Å². The van der Waals surface area contributed by atoms with Crippen LogP contribution in [0.15, 0.2) is 30.3 Å². The molecule has 0 fully saturated rings. The molecule has 0 amide bonds. The van der Waals surface area contributed by atoms with E-state index in [4.69, 9.17) is 12.2 Å². The minimum Gasteiger partial charge on any atom is -0.349 e. The van der Waals surface area contributed by atoms with Crippen molar-refractivity contribution in [1.82, 2.24) is 4.90 Å². The van der Waals surface area contributed by atoms with Crippen LogP contribution >= 0.6 is 24.0 Å². The van der Waals surface area contributed by atoms with E-state index in [1.54, 1.807) is 0 Å². The van der Waals surface area contributed by atoms with Gasteiger partial charge in [-0.05, 0) is 49.7 Å². The van der Waals surface area contributed by atoms with Gasteiger partial charge in [-0.1, -0.05) is 18.2 Å². The van der Waals surface area contributed by atoms with E-state index in [-0.39, 0.29) is 0 Å². The van der Waals surface area contributed by atoms with Crippen molar-refractivity contribution < 1.29 is 0 Å². The maximum atomic E-state index is 5.39. The third-order valence-electron chi connectivity index (χ3n) is 2.75. The molecule has 0 bridgehead atoms. The lowest BCUT2D eigenvalue weighted by molar-refractivity contribution is 0.388. The molecule has 0 aliphatic carbocycles. The minimum absolute atomic E-state index is 0.464. The Morgan fingerprint density at radius 1 is 1.41 bits per heavy atom. The summed E-state index contributed by atoms with van der Waals surface area (Å²) in [5, 5.41) is 4.03. The van der Waals surface area contributed by atoms with Gasteiger partial charge in [0.1, 0.15) is 0 Å². The largest absolute Gasteiger partial charge is 0.349 e. The smallest absolute Gasteiger partial charge is 0.173 e. The first-order chi connectivity index (χ1) is 8.15. The molecule has 4 heteroatoms. The number of nitrogens with one attached hydrogen (secondary N) is 1. The molecule has 0 saturated heterocycles. The van der Waals surface area contributed by atoms with Gasteiger partial charge in [0.15, 0.2) is 5.11 Å². The second kappa shape index (κ2) is 7.56. The average Bonchev–Trinajstić information content (AvgIpc) is 2.36. The van der Waals surface area contributed by atoms with Gasteiger partial charge in [-0.3, -0.25) is 0 Å². The standard InChI is InChI=1S/C13H20N2S2/c1-11(9-10-17-3)15(2)13(16)14-12-7-5-4-6-8-12/h4-8,11H,9-10H2,1-3H3,(H,14,16). The highest BCUT2D eigenvalue weighted by Gasteiger charge is 2.11. The second-order valence-electron chi connectivity index (χ2n) is 4.04. The molecule has 0 aliphatic rings. The second-order valence-corrected chi connectivity index (χ2v) is 5.41. The predicted molar refractivity (Wildman–Crippen MR) is 82.9 cm³/mol. The van der Waals surface area contributed by atoms with Crippen LogP contribution < -0.4 is 5.32 Å². The molecule has 1 rings (SSSR count). The molecule has 1 aromatic rings. The van der Waals surface area contributed by atoms with Crippen LogP contribution in [0.4, 0.5) is 5.69 Å². The fraction of sp³-hybridized carbons (Fsp3) is 0.462. The van der Waals surface area contributed by atoms with Gasteiger partial charge in [-0.15, -0.1) is 0 Å². The van der Waals surface area contributed by atoms with Gasteiger partial charge in [0.05, 0.1) is 0 Å². The molecule has 1 N–H and O–H groups in total. The van der Waals surface area contributed by atoms with Crippen LogP contribution in [0, 0.1) is 0 Å². The number of hydrogen-bond donors (Lipinski definition) is 1. The summed E-state index contributed by atoms with van der Waals surface area (Å²) >= 11 is 7.27. The van der Waals surface area contributed by atoms with Crippen LogP contribution in [0.2, 0.25) is 0 Å². The van der Waals surface area contributed by atoms with Crippen LogP contribution in [0.3, 0.4) is 0 Å². The lowest BCUT2D eigenvalue weighted by Gasteiger charge is -2.27. The van der Waals surface area contributed by atoms with Crippen molar-refractivity contribution >= 4 is 34.8 Å². The summed E-state index contributed by atoms with van der Waals surface area (Å²) in [5.41, 5.74) is 1.04. The lowest BCUT2D eigenvalue weighted by atomic mass is 10.2. The quantitative estimate of drug-likeness (QED) is 0.822. The van der Waals surface area contributed by atoms with Gasteiger partial charge < -0.3 is 10.2 Å². The zero-order valence-electron chi connectivity index (χ0n) is 10.6. The first-order valence-electron chi connectivity index (χ1n) is 5.73. The average molecular weight is 268 g/mol. The van der Waals surface area contributed by atoms with E-state index in [2.05, 4.69) is 23.4 Å². The Balaban J connectivity index is 2.47. The fourth-order valence-electron chi connectivity index (χ4n) is 1.42. The SMILES string of the molecule is CSCCC(C)N(C)C(=S)Nc1ccccc1. The summed E-state index contributed by atoms with van der Waals surface area (Å²) < 4.78 is 0.